The van der Waals surface area contributed by atoms with Crippen LogP contribution in [0, 0.1) is 5.82 Å². The molecule has 0 bridgehead atoms. The van der Waals surface area contributed by atoms with Gasteiger partial charge in [0.2, 0.25) is 5.91 Å². The minimum Gasteiger partial charge on any atom is -0.361 e. The van der Waals surface area contributed by atoms with Crippen LogP contribution in [-0.4, -0.2) is 39.4 Å². The molecule has 0 aliphatic carbocycles. The Morgan fingerprint density at radius 3 is 2.84 bits per heavy atom. The molecule has 1 aliphatic rings. The number of primary amides is 1. The fourth-order valence-electron chi connectivity index (χ4n) is 4.49. The number of hydrogen-bond donors (Lipinski definition) is 4. The quantitative estimate of drug-likeness (QED) is 0.408. The highest BCUT2D eigenvalue weighted by Gasteiger charge is 2.30. The Morgan fingerprint density at radius 1 is 1.16 bits per heavy atom. The van der Waals surface area contributed by atoms with Crippen LogP contribution in [-0.2, 0) is 24.2 Å². The average molecular weight is 419 g/mol. The Kier molecular flexibility index (Phi) is 4.62. The molecule has 8 heteroatoms. The monoisotopic (exact) mass is 419 g/mol. The molecule has 158 valence electrons. The van der Waals surface area contributed by atoms with Gasteiger partial charge in [-0.15, -0.1) is 0 Å². The van der Waals surface area contributed by atoms with Crippen LogP contribution < -0.4 is 11.1 Å². The average Bonchev–Trinajstić information content (AvgIpc) is 3.33. The zero-order valence-corrected chi connectivity index (χ0v) is 16.7. The summed E-state index contributed by atoms with van der Waals surface area (Å²) >= 11 is 0. The summed E-state index contributed by atoms with van der Waals surface area (Å²) in [4.78, 5) is 33.3. The number of nitrogens with zero attached hydrogens (tertiary/aromatic N) is 1. The van der Waals surface area contributed by atoms with Gasteiger partial charge in [-0.1, -0.05) is 18.2 Å². The van der Waals surface area contributed by atoms with Crippen molar-refractivity contribution in [3.05, 3.63) is 71.3 Å². The zero-order chi connectivity index (χ0) is 21.5. The topological polar surface area (TPSA) is 107 Å². The van der Waals surface area contributed by atoms with Crippen LogP contribution >= 0.6 is 0 Å². The second kappa shape index (κ2) is 7.46. The lowest BCUT2D eigenvalue weighted by molar-refractivity contribution is -0.134. The lowest BCUT2D eigenvalue weighted by Crippen LogP contribution is -2.52. The van der Waals surface area contributed by atoms with Crippen molar-refractivity contribution in [1.82, 2.24) is 20.2 Å². The predicted octanol–water partition coefficient (Wildman–Crippen LogP) is 2.95. The van der Waals surface area contributed by atoms with E-state index in [0.717, 1.165) is 38.6 Å². The van der Waals surface area contributed by atoms with Crippen molar-refractivity contribution in [2.45, 2.75) is 25.4 Å². The van der Waals surface area contributed by atoms with Crippen molar-refractivity contribution in [3.8, 4) is 0 Å². The fourth-order valence-corrected chi connectivity index (χ4v) is 4.49. The molecule has 31 heavy (non-hydrogen) atoms. The van der Waals surface area contributed by atoms with E-state index in [2.05, 4.69) is 15.3 Å². The number of para-hydroxylation sites is 1. The number of carbonyl (C=O) groups is 2. The van der Waals surface area contributed by atoms with E-state index >= 15 is 0 Å². The number of rotatable bonds is 4. The van der Waals surface area contributed by atoms with E-state index in [9.17, 15) is 14.0 Å². The number of fused-ring (bicyclic) bond motifs is 4. The van der Waals surface area contributed by atoms with Gasteiger partial charge in [0.25, 0.3) is 0 Å². The summed E-state index contributed by atoms with van der Waals surface area (Å²) in [6, 6.07) is 10.9. The van der Waals surface area contributed by atoms with Crippen LogP contribution in [0.4, 0.5) is 9.18 Å². The highest BCUT2D eigenvalue weighted by molar-refractivity contribution is 5.90. The van der Waals surface area contributed by atoms with Gasteiger partial charge in [0.1, 0.15) is 11.9 Å². The molecular formula is C23H22FN5O2. The van der Waals surface area contributed by atoms with Gasteiger partial charge in [-0.25, -0.2) is 9.18 Å². The molecule has 0 saturated heterocycles. The van der Waals surface area contributed by atoms with Crippen molar-refractivity contribution < 1.29 is 14.0 Å². The molecule has 3 heterocycles. The lowest BCUT2D eigenvalue weighted by atomic mass is 10.0. The number of amides is 3. The lowest BCUT2D eigenvalue weighted by Gasteiger charge is -2.31. The van der Waals surface area contributed by atoms with E-state index in [1.165, 1.54) is 12.1 Å². The maximum absolute atomic E-state index is 13.8. The number of aromatic nitrogens is 2. The number of urea groups is 1. The van der Waals surface area contributed by atoms with Crippen LogP contribution in [0.3, 0.4) is 0 Å². The number of carbonyl (C=O) groups excluding carboxylic acids is 2. The van der Waals surface area contributed by atoms with Gasteiger partial charge in [-0.05, 0) is 29.8 Å². The van der Waals surface area contributed by atoms with Crippen LogP contribution in [0.15, 0.2) is 48.7 Å². The molecule has 7 nitrogen and oxygen atoms in total. The van der Waals surface area contributed by atoms with Crippen LogP contribution in [0.25, 0.3) is 21.8 Å². The first-order valence-corrected chi connectivity index (χ1v) is 10.2. The molecule has 0 saturated carbocycles. The first kappa shape index (κ1) is 19.2. The van der Waals surface area contributed by atoms with Gasteiger partial charge in [0.15, 0.2) is 0 Å². The van der Waals surface area contributed by atoms with Crippen molar-refractivity contribution in [3.63, 3.8) is 0 Å². The molecule has 0 radical (unpaired) electrons. The smallest absolute Gasteiger partial charge is 0.312 e. The number of aromatic amines is 2. The molecule has 1 aliphatic heterocycles. The largest absolute Gasteiger partial charge is 0.361 e. The number of hydrogen-bond acceptors (Lipinski definition) is 2. The number of benzene rings is 2. The SMILES string of the molecule is NC(=O)NC(Cc1c[nH]c2ccccc12)C(=O)N1CCc2[nH]c3ccc(F)cc3c2C1. The summed E-state index contributed by atoms with van der Waals surface area (Å²) in [5.74, 6) is -0.522. The molecule has 5 rings (SSSR count). The Labute approximate surface area is 177 Å². The van der Waals surface area contributed by atoms with E-state index in [1.807, 2.05) is 30.5 Å². The van der Waals surface area contributed by atoms with Crippen LogP contribution in [0.5, 0.6) is 0 Å². The second-order valence-electron chi connectivity index (χ2n) is 7.91. The molecule has 4 aromatic rings. The third kappa shape index (κ3) is 3.50. The van der Waals surface area contributed by atoms with Gasteiger partial charge in [-0.3, -0.25) is 4.79 Å². The second-order valence-corrected chi connectivity index (χ2v) is 7.91. The maximum Gasteiger partial charge on any atom is 0.312 e. The minimum absolute atomic E-state index is 0.208. The molecule has 3 amide bonds. The predicted molar refractivity (Wildman–Crippen MR) is 116 cm³/mol. The van der Waals surface area contributed by atoms with Crippen LogP contribution in [0.1, 0.15) is 16.8 Å². The van der Waals surface area contributed by atoms with Gasteiger partial charge >= 0.3 is 6.03 Å². The summed E-state index contributed by atoms with van der Waals surface area (Å²) in [6.07, 6.45) is 2.80. The molecule has 1 unspecified atom stereocenters. The highest BCUT2D eigenvalue weighted by atomic mass is 19.1. The highest BCUT2D eigenvalue weighted by Crippen LogP contribution is 2.29. The standard InChI is InChI=1S/C23H22FN5O2/c24-14-5-6-19-16(10-14)17-12-29(8-7-20(17)27-19)22(30)21(28-23(25)31)9-13-11-26-18-4-2-1-3-15(13)18/h1-6,10-11,21,26-27H,7-9,12H2,(H3,25,28,31). The van der Waals surface area contributed by atoms with Crippen LogP contribution in [0.2, 0.25) is 0 Å². The molecule has 5 N–H and O–H groups in total. The first-order chi connectivity index (χ1) is 15.0. The van der Waals surface area contributed by atoms with E-state index < -0.39 is 12.1 Å². The molecule has 1 atom stereocenters. The van der Waals surface area contributed by atoms with E-state index in [-0.39, 0.29) is 11.7 Å². The molecule has 2 aromatic heterocycles. The van der Waals surface area contributed by atoms with Gasteiger partial charge in [-0.2, -0.15) is 0 Å². The Balaban J connectivity index is 1.43. The summed E-state index contributed by atoms with van der Waals surface area (Å²) in [7, 11) is 0. The Bertz CT molecular complexity index is 1310. The van der Waals surface area contributed by atoms with Crippen molar-refractivity contribution in [2.24, 2.45) is 5.73 Å². The first-order valence-electron chi connectivity index (χ1n) is 10.2. The number of nitrogens with one attached hydrogen (secondary N) is 3. The Morgan fingerprint density at radius 2 is 2.00 bits per heavy atom. The van der Waals surface area contributed by atoms with Gasteiger partial charge in [0, 0.05) is 65.2 Å². The summed E-state index contributed by atoms with van der Waals surface area (Å²) in [6.45, 7) is 0.856. The summed E-state index contributed by atoms with van der Waals surface area (Å²) in [5, 5.41) is 4.39. The number of nitrogens with two attached hydrogens (primary N) is 1. The molecule has 0 spiro atoms. The van der Waals surface area contributed by atoms with E-state index in [1.54, 1.807) is 11.0 Å². The Hall–Kier alpha value is -3.81. The molecule has 2 aromatic carbocycles. The van der Waals surface area contributed by atoms with Crippen molar-refractivity contribution in [1.29, 1.82) is 0 Å². The van der Waals surface area contributed by atoms with Crippen molar-refractivity contribution in [2.75, 3.05) is 6.54 Å². The number of halogens is 1. The minimum atomic E-state index is -0.791. The zero-order valence-electron chi connectivity index (χ0n) is 16.7. The van der Waals surface area contributed by atoms with E-state index in [4.69, 9.17) is 5.73 Å². The van der Waals surface area contributed by atoms with Gasteiger partial charge < -0.3 is 25.9 Å². The number of H-pyrrole nitrogens is 2. The third-order valence-electron chi connectivity index (χ3n) is 5.96. The van der Waals surface area contributed by atoms with Gasteiger partial charge in [0.05, 0.1) is 0 Å². The third-order valence-corrected chi connectivity index (χ3v) is 5.96. The molecule has 0 fully saturated rings. The van der Waals surface area contributed by atoms with Crippen molar-refractivity contribution >= 4 is 33.7 Å². The maximum atomic E-state index is 13.8. The summed E-state index contributed by atoms with van der Waals surface area (Å²) in [5.41, 5.74) is 10.1. The summed E-state index contributed by atoms with van der Waals surface area (Å²) < 4.78 is 13.8. The molecular weight excluding hydrogens is 397 g/mol. The van der Waals surface area contributed by atoms with E-state index in [0.29, 0.717) is 25.9 Å². The normalized spacial score (nSPS) is 14.5. The fraction of sp³-hybridized carbons (Fsp3) is 0.217.